The highest BCUT2D eigenvalue weighted by atomic mass is 16.5. The van der Waals surface area contributed by atoms with E-state index in [1.807, 2.05) is 56.3 Å². The molecule has 0 amide bonds. The zero-order valence-corrected chi connectivity index (χ0v) is 24.3. The first kappa shape index (κ1) is 27.5. The van der Waals surface area contributed by atoms with Crippen LogP contribution in [0, 0.1) is 0 Å². The minimum absolute atomic E-state index is 0.0498. The second-order valence-electron chi connectivity index (χ2n) is 11.9. The first-order valence-corrected chi connectivity index (χ1v) is 14.9. The fraction of sp³-hybridized carbons (Fsp3) is 0.406. The number of fused-ring (bicyclic) bond motifs is 4. The largest absolute Gasteiger partial charge is 0.458 e. The van der Waals surface area contributed by atoms with Gasteiger partial charge < -0.3 is 29.9 Å². The molecule has 11 nitrogen and oxygen atoms in total. The summed E-state index contributed by atoms with van der Waals surface area (Å²) in [4.78, 5) is 29.2. The van der Waals surface area contributed by atoms with Crippen LogP contribution in [-0.4, -0.2) is 68.4 Å². The van der Waals surface area contributed by atoms with E-state index in [-0.39, 0.29) is 30.0 Å². The number of aromatic nitrogens is 4. The van der Waals surface area contributed by atoms with Gasteiger partial charge in [-0.3, -0.25) is 0 Å². The van der Waals surface area contributed by atoms with Gasteiger partial charge >= 0.3 is 5.97 Å². The summed E-state index contributed by atoms with van der Waals surface area (Å²) >= 11 is 0. The Labute approximate surface area is 249 Å². The highest BCUT2D eigenvalue weighted by molar-refractivity contribution is 5.93. The average Bonchev–Trinajstić information content (AvgIpc) is 3.55. The molecule has 222 valence electrons. The third kappa shape index (κ3) is 5.12. The lowest BCUT2D eigenvalue weighted by Gasteiger charge is -2.46. The lowest BCUT2D eigenvalue weighted by molar-refractivity contribution is 0.0241. The fourth-order valence-electron chi connectivity index (χ4n) is 6.42. The zero-order chi connectivity index (χ0) is 29.6. The van der Waals surface area contributed by atoms with Crippen molar-refractivity contribution in [3.63, 3.8) is 0 Å². The number of piperidine rings is 3. The Kier molecular flexibility index (Phi) is 7.06. The van der Waals surface area contributed by atoms with Crippen molar-refractivity contribution in [1.29, 1.82) is 0 Å². The summed E-state index contributed by atoms with van der Waals surface area (Å²) in [6.07, 6.45) is 4.51. The summed E-state index contributed by atoms with van der Waals surface area (Å²) in [5, 5.41) is 21.4. The maximum Gasteiger partial charge on any atom is 0.338 e. The Hall–Kier alpha value is -4.35. The summed E-state index contributed by atoms with van der Waals surface area (Å²) in [6.45, 7) is 6.95. The van der Waals surface area contributed by atoms with Crippen LogP contribution in [0.2, 0.25) is 0 Å². The number of aliphatic hydroxyl groups excluding tert-OH is 1. The Morgan fingerprint density at radius 3 is 2.56 bits per heavy atom. The number of cyclic esters (lactones) is 1. The normalized spacial score (nSPS) is 25.1. The van der Waals surface area contributed by atoms with E-state index in [1.54, 1.807) is 12.3 Å². The Morgan fingerprint density at radius 2 is 1.81 bits per heavy atom. The second-order valence-corrected chi connectivity index (χ2v) is 11.9. The number of carbonyl (C=O) groups excluding carboxylic acids is 1. The molecule has 3 atom stereocenters. The van der Waals surface area contributed by atoms with Gasteiger partial charge in [0.25, 0.3) is 5.89 Å². The first-order chi connectivity index (χ1) is 20.9. The molecule has 2 aromatic carbocycles. The lowest BCUT2D eigenvalue weighted by atomic mass is 9.71. The van der Waals surface area contributed by atoms with Gasteiger partial charge in [-0.15, -0.1) is 0 Å². The van der Waals surface area contributed by atoms with E-state index in [0.29, 0.717) is 28.8 Å². The number of anilines is 3. The van der Waals surface area contributed by atoms with Gasteiger partial charge in [0.2, 0.25) is 5.95 Å². The number of rotatable bonds is 8. The van der Waals surface area contributed by atoms with Crippen LogP contribution in [0.3, 0.4) is 0 Å². The van der Waals surface area contributed by atoms with E-state index in [4.69, 9.17) is 19.2 Å². The number of aliphatic hydroxyl groups is 1. The van der Waals surface area contributed by atoms with Crippen molar-refractivity contribution in [1.82, 2.24) is 25.0 Å². The van der Waals surface area contributed by atoms with E-state index in [1.165, 1.54) is 0 Å². The standard InChI is InChI=1S/C32H35N7O4/c1-19-20(2)42-29(41)23-9-8-22(16-24(19)23)34-31-33-17-25(27(36-31)35-26(18-40)21-6-4-3-5-7-21)28-37-30(38-43-28)32-10-13-39(14-11-32)15-12-32/h3-9,16-17,19-20,26,40H,10-15,18H2,1-2H3,(H2,33,34,35,36)/t19?,20?,26-/m1/s1. The van der Waals surface area contributed by atoms with Crippen LogP contribution in [0.25, 0.3) is 11.5 Å². The van der Waals surface area contributed by atoms with Crippen LogP contribution in [0.15, 0.2) is 59.3 Å². The Balaban J connectivity index is 1.23. The van der Waals surface area contributed by atoms with Gasteiger partial charge in [-0.25, -0.2) is 9.78 Å². The number of nitrogens with one attached hydrogen (secondary N) is 2. The molecule has 0 spiro atoms. The number of nitrogens with zero attached hydrogens (tertiary/aromatic N) is 5. The topological polar surface area (TPSA) is 139 Å². The number of hydrogen-bond acceptors (Lipinski definition) is 11. The quantitative estimate of drug-likeness (QED) is 0.247. The highest BCUT2D eigenvalue weighted by Crippen LogP contribution is 2.42. The summed E-state index contributed by atoms with van der Waals surface area (Å²) in [6, 6.07) is 14.8. The van der Waals surface area contributed by atoms with Gasteiger partial charge in [0.05, 0.1) is 18.2 Å². The van der Waals surface area contributed by atoms with Crippen molar-refractivity contribution in [2.75, 3.05) is 36.9 Å². The molecule has 6 heterocycles. The van der Waals surface area contributed by atoms with Crippen molar-refractivity contribution < 1.29 is 19.2 Å². The number of ether oxygens (including phenoxy) is 1. The molecule has 3 saturated heterocycles. The van der Waals surface area contributed by atoms with Crippen LogP contribution >= 0.6 is 0 Å². The van der Waals surface area contributed by atoms with Gasteiger partial charge in [0.15, 0.2) is 5.82 Å². The predicted molar refractivity (Wildman–Crippen MR) is 160 cm³/mol. The summed E-state index contributed by atoms with van der Waals surface area (Å²) in [5.41, 5.74) is 3.64. The second kappa shape index (κ2) is 11.1. The van der Waals surface area contributed by atoms with E-state index in [9.17, 15) is 9.90 Å². The third-order valence-electron chi connectivity index (χ3n) is 9.35. The van der Waals surface area contributed by atoms with Crippen LogP contribution in [0.1, 0.15) is 72.4 Å². The molecule has 0 aliphatic carbocycles. The number of carbonyl (C=O) groups is 1. The van der Waals surface area contributed by atoms with Crippen molar-refractivity contribution in [2.24, 2.45) is 0 Å². The summed E-state index contributed by atoms with van der Waals surface area (Å²) < 4.78 is 11.3. The van der Waals surface area contributed by atoms with Gasteiger partial charge in [0, 0.05) is 23.2 Å². The Morgan fingerprint density at radius 1 is 1.05 bits per heavy atom. The number of esters is 1. The molecule has 3 N–H and O–H groups in total. The van der Waals surface area contributed by atoms with Crippen molar-refractivity contribution in [3.05, 3.63) is 77.2 Å². The van der Waals surface area contributed by atoms with Crippen molar-refractivity contribution >= 4 is 23.4 Å². The predicted octanol–water partition coefficient (Wildman–Crippen LogP) is 4.82. The molecular formula is C32H35N7O4. The van der Waals surface area contributed by atoms with E-state index < -0.39 is 6.04 Å². The fourth-order valence-corrected chi connectivity index (χ4v) is 6.42. The molecule has 2 unspecified atom stereocenters. The monoisotopic (exact) mass is 581 g/mol. The van der Waals surface area contributed by atoms with Crippen molar-refractivity contribution in [2.45, 2.75) is 56.6 Å². The average molecular weight is 582 g/mol. The van der Waals surface area contributed by atoms with Crippen LogP contribution in [0.4, 0.5) is 17.5 Å². The molecule has 4 aliphatic rings. The summed E-state index contributed by atoms with van der Waals surface area (Å²) in [5.74, 6) is 1.61. The van der Waals surface area contributed by atoms with E-state index >= 15 is 0 Å². The Bertz CT molecular complexity index is 1620. The molecule has 0 radical (unpaired) electrons. The molecule has 43 heavy (non-hydrogen) atoms. The van der Waals surface area contributed by atoms with Gasteiger partial charge in [-0.1, -0.05) is 42.4 Å². The van der Waals surface area contributed by atoms with E-state index in [0.717, 1.165) is 61.5 Å². The van der Waals surface area contributed by atoms with E-state index in [2.05, 4.69) is 25.7 Å². The molecule has 0 saturated carbocycles. The molecule has 8 rings (SSSR count). The number of benzene rings is 2. The van der Waals surface area contributed by atoms with Crippen LogP contribution in [-0.2, 0) is 10.2 Å². The lowest BCUT2D eigenvalue weighted by Crippen LogP contribution is -2.51. The van der Waals surface area contributed by atoms with Gasteiger partial charge in [0.1, 0.15) is 17.5 Å². The maximum absolute atomic E-state index is 12.4. The minimum atomic E-state index is -0.427. The first-order valence-electron chi connectivity index (χ1n) is 14.9. The maximum atomic E-state index is 12.4. The molecule has 2 aromatic heterocycles. The molecular weight excluding hydrogens is 546 g/mol. The van der Waals surface area contributed by atoms with Gasteiger partial charge in [-0.05, 0) is 75.1 Å². The molecule has 2 bridgehead atoms. The van der Waals surface area contributed by atoms with Crippen LogP contribution in [0.5, 0.6) is 0 Å². The third-order valence-corrected chi connectivity index (χ3v) is 9.35. The zero-order valence-electron chi connectivity index (χ0n) is 24.3. The molecule has 4 aliphatic heterocycles. The SMILES string of the molecule is CC1OC(=O)c2ccc(Nc3ncc(-c4nc(C56CCN(CC5)CC6)no4)c(N[C@H](CO)c4ccccc4)n3)cc2C1C. The highest BCUT2D eigenvalue weighted by Gasteiger charge is 2.44. The smallest absolute Gasteiger partial charge is 0.338 e. The van der Waals surface area contributed by atoms with Gasteiger partial charge in [-0.2, -0.15) is 9.97 Å². The molecule has 11 heteroatoms. The number of hydrogen-bond donors (Lipinski definition) is 3. The molecule has 3 fully saturated rings. The van der Waals surface area contributed by atoms with Crippen molar-refractivity contribution in [3.8, 4) is 11.5 Å². The minimum Gasteiger partial charge on any atom is -0.458 e. The summed E-state index contributed by atoms with van der Waals surface area (Å²) in [7, 11) is 0. The van der Waals surface area contributed by atoms with Crippen LogP contribution < -0.4 is 10.6 Å². The molecule has 4 aromatic rings.